The molecule has 0 saturated carbocycles. The zero-order valence-corrected chi connectivity index (χ0v) is 12.5. The van der Waals surface area contributed by atoms with Crippen molar-refractivity contribution in [3.63, 3.8) is 0 Å². The molecule has 0 radical (unpaired) electrons. The number of rotatable bonds is 5. The number of aromatic nitrogens is 1. The van der Waals surface area contributed by atoms with Crippen molar-refractivity contribution >= 4 is 10.9 Å². The topological polar surface area (TPSA) is 58.9 Å². The van der Waals surface area contributed by atoms with E-state index in [1.54, 1.807) is 0 Å². The molecule has 0 amide bonds. The molecular weight excluding hydrogens is 276 g/mol. The van der Waals surface area contributed by atoms with Gasteiger partial charge in [-0.05, 0) is 29.2 Å². The van der Waals surface area contributed by atoms with Gasteiger partial charge in [-0.15, -0.1) is 0 Å². The Morgan fingerprint density at radius 3 is 2.55 bits per heavy atom. The number of aryl methyl sites for hydroxylation is 1. The first-order valence-corrected chi connectivity index (χ1v) is 7.45. The van der Waals surface area contributed by atoms with E-state index in [1.165, 1.54) is 5.56 Å². The highest BCUT2D eigenvalue weighted by Crippen LogP contribution is 2.31. The third kappa shape index (κ3) is 2.72. The maximum Gasteiger partial charge on any atom is 0.214 e. The average molecular weight is 294 g/mol. The quantitative estimate of drug-likeness (QED) is 0.568. The van der Waals surface area contributed by atoms with Crippen LogP contribution < -0.4 is 0 Å². The van der Waals surface area contributed by atoms with Crippen molar-refractivity contribution in [3.05, 3.63) is 81.5 Å². The summed E-state index contributed by atoms with van der Waals surface area (Å²) in [6.45, 7) is 2.00. The number of H-pyrrole nitrogens is 1. The Morgan fingerprint density at radius 1 is 1.14 bits per heavy atom. The monoisotopic (exact) mass is 294 g/mol. The van der Waals surface area contributed by atoms with Crippen molar-refractivity contribution in [1.82, 2.24) is 4.98 Å². The zero-order chi connectivity index (χ0) is 15.5. The molecule has 1 atom stereocenters. The average Bonchev–Trinajstić information content (AvgIpc) is 2.96. The van der Waals surface area contributed by atoms with E-state index >= 15 is 0 Å². The van der Waals surface area contributed by atoms with Crippen molar-refractivity contribution in [2.45, 2.75) is 19.3 Å². The van der Waals surface area contributed by atoms with Crippen LogP contribution in [0.15, 0.2) is 54.7 Å². The van der Waals surface area contributed by atoms with Crippen molar-refractivity contribution in [2.75, 3.05) is 6.54 Å². The fraction of sp³-hybridized carbons (Fsp3) is 0.222. The summed E-state index contributed by atoms with van der Waals surface area (Å²) in [7, 11) is 0. The molecule has 4 nitrogen and oxygen atoms in total. The van der Waals surface area contributed by atoms with Crippen LogP contribution in [-0.4, -0.2) is 16.5 Å². The first-order chi connectivity index (χ1) is 10.7. The van der Waals surface area contributed by atoms with Crippen LogP contribution in [0.25, 0.3) is 10.9 Å². The van der Waals surface area contributed by atoms with Gasteiger partial charge in [0.25, 0.3) is 0 Å². The molecule has 3 aromatic rings. The van der Waals surface area contributed by atoms with Crippen LogP contribution in [0.3, 0.4) is 0 Å². The van der Waals surface area contributed by atoms with E-state index in [9.17, 15) is 10.1 Å². The molecule has 1 unspecified atom stereocenters. The molecule has 0 saturated heterocycles. The number of aromatic amines is 1. The number of hydrogen-bond donors (Lipinski definition) is 1. The van der Waals surface area contributed by atoms with E-state index in [0.29, 0.717) is 0 Å². The number of nitrogens with one attached hydrogen (secondary N) is 1. The van der Waals surface area contributed by atoms with Gasteiger partial charge in [-0.1, -0.05) is 49.4 Å². The number of hydrogen-bond acceptors (Lipinski definition) is 2. The van der Waals surface area contributed by atoms with Crippen molar-refractivity contribution in [2.24, 2.45) is 0 Å². The zero-order valence-electron chi connectivity index (χ0n) is 12.5. The predicted molar refractivity (Wildman–Crippen MR) is 87.8 cm³/mol. The summed E-state index contributed by atoms with van der Waals surface area (Å²) in [4.78, 5) is 14.1. The van der Waals surface area contributed by atoms with Gasteiger partial charge in [0.1, 0.15) is 0 Å². The second kappa shape index (κ2) is 6.02. The molecule has 0 fully saturated rings. The highest BCUT2D eigenvalue weighted by Gasteiger charge is 2.23. The first-order valence-electron chi connectivity index (χ1n) is 7.45. The Kier molecular flexibility index (Phi) is 3.92. The molecule has 4 heteroatoms. The minimum absolute atomic E-state index is 0.104. The molecule has 0 aliphatic rings. The molecular formula is C18H18N2O2. The molecule has 0 bridgehead atoms. The van der Waals surface area contributed by atoms with Crippen LogP contribution in [0.2, 0.25) is 0 Å². The van der Waals surface area contributed by atoms with E-state index < -0.39 is 0 Å². The lowest BCUT2D eigenvalue weighted by molar-refractivity contribution is -0.481. The molecule has 2 aromatic carbocycles. The van der Waals surface area contributed by atoms with E-state index in [2.05, 4.69) is 24.0 Å². The van der Waals surface area contributed by atoms with Gasteiger partial charge in [0.15, 0.2) is 0 Å². The second-order valence-corrected chi connectivity index (χ2v) is 5.45. The van der Waals surface area contributed by atoms with Crippen LogP contribution >= 0.6 is 0 Å². The summed E-state index contributed by atoms with van der Waals surface area (Å²) in [5, 5.41) is 12.2. The van der Waals surface area contributed by atoms with E-state index in [1.807, 2.05) is 42.6 Å². The Labute approximate surface area is 128 Å². The van der Waals surface area contributed by atoms with E-state index in [4.69, 9.17) is 0 Å². The molecule has 22 heavy (non-hydrogen) atoms. The lowest BCUT2D eigenvalue weighted by atomic mass is 9.90. The van der Waals surface area contributed by atoms with Gasteiger partial charge in [0, 0.05) is 22.0 Å². The van der Waals surface area contributed by atoms with E-state index in [0.717, 1.165) is 28.5 Å². The van der Waals surface area contributed by atoms with Gasteiger partial charge in [-0.2, -0.15) is 0 Å². The summed E-state index contributed by atoms with van der Waals surface area (Å²) in [5.41, 5.74) is 4.22. The Bertz CT molecular complexity index is 790. The number of nitro groups is 1. The van der Waals surface area contributed by atoms with Gasteiger partial charge < -0.3 is 4.98 Å². The fourth-order valence-corrected chi connectivity index (χ4v) is 2.90. The van der Waals surface area contributed by atoms with Crippen LogP contribution in [-0.2, 0) is 6.42 Å². The van der Waals surface area contributed by atoms with Gasteiger partial charge >= 0.3 is 0 Å². The smallest absolute Gasteiger partial charge is 0.214 e. The molecule has 0 aliphatic carbocycles. The first kappa shape index (κ1) is 14.3. The maximum absolute atomic E-state index is 11.1. The summed E-state index contributed by atoms with van der Waals surface area (Å²) in [6.07, 6.45) is 2.86. The van der Waals surface area contributed by atoms with Crippen molar-refractivity contribution in [1.29, 1.82) is 0 Å². The molecule has 1 heterocycles. The molecule has 3 rings (SSSR count). The van der Waals surface area contributed by atoms with E-state index in [-0.39, 0.29) is 17.4 Å². The number of benzene rings is 2. The van der Waals surface area contributed by atoms with Crippen LogP contribution in [0, 0.1) is 10.1 Å². The van der Waals surface area contributed by atoms with Gasteiger partial charge in [-0.25, -0.2) is 0 Å². The largest absolute Gasteiger partial charge is 0.361 e. The molecule has 112 valence electrons. The van der Waals surface area contributed by atoms with Gasteiger partial charge in [0.2, 0.25) is 6.54 Å². The lowest BCUT2D eigenvalue weighted by Gasteiger charge is -2.13. The molecule has 0 spiro atoms. The highest BCUT2D eigenvalue weighted by molar-refractivity contribution is 5.84. The maximum atomic E-state index is 11.1. The van der Waals surface area contributed by atoms with Crippen molar-refractivity contribution < 1.29 is 4.92 Å². The second-order valence-electron chi connectivity index (χ2n) is 5.45. The lowest BCUT2D eigenvalue weighted by Crippen LogP contribution is -2.13. The molecule has 1 aromatic heterocycles. The number of fused-ring (bicyclic) bond motifs is 1. The van der Waals surface area contributed by atoms with Crippen LogP contribution in [0.5, 0.6) is 0 Å². The molecule has 0 aliphatic heterocycles. The summed E-state index contributed by atoms with van der Waals surface area (Å²) in [6, 6.07) is 16.0. The highest BCUT2D eigenvalue weighted by atomic mass is 16.6. The Hall–Kier alpha value is -2.62. The summed E-state index contributed by atoms with van der Waals surface area (Å²) >= 11 is 0. The summed E-state index contributed by atoms with van der Waals surface area (Å²) < 4.78 is 0. The minimum atomic E-state index is -0.239. The standard InChI is InChI=1S/C18H18N2O2/c1-2-13-7-9-14(10-8-13)17(12-20(21)22)16-11-19-18-6-4-3-5-15(16)18/h3-11,17,19H,2,12H2,1H3. The Balaban J connectivity index is 2.07. The number of nitrogens with zero attached hydrogens (tertiary/aromatic N) is 1. The normalized spacial score (nSPS) is 12.4. The van der Waals surface area contributed by atoms with Crippen LogP contribution in [0.4, 0.5) is 0 Å². The third-order valence-corrected chi connectivity index (χ3v) is 4.12. The minimum Gasteiger partial charge on any atom is -0.361 e. The summed E-state index contributed by atoms with van der Waals surface area (Å²) in [5.74, 6) is -0.239. The van der Waals surface area contributed by atoms with Crippen molar-refractivity contribution in [3.8, 4) is 0 Å². The third-order valence-electron chi connectivity index (χ3n) is 4.12. The molecule has 1 N–H and O–H groups in total. The van der Waals surface area contributed by atoms with Crippen LogP contribution in [0.1, 0.15) is 29.5 Å². The predicted octanol–water partition coefficient (Wildman–Crippen LogP) is 4.14. The van der Waals surface area contributed by atoms with Gasteiger partial charge in [-0.3, -0.25) is 10.1 Å². The fourth-order valence-electron chi connectivity index (χ4n) is 2.90. The Morgan fingerprint density at radius 2 is 1.86 bits per heavy atom. The van der Waals surface area contributed by atoms with Gasteiger partial charge in [0.05, 0.1) is 5.92 Å². The number of para-hydroxylation sites is 1. The SMILES string of the molecule is CCc1ccc(C(C[N+](=O)[O-])c2c[nH]c3ccccc23)cc1.